The summed E-state index contributed by atoms with van der Waals surface area (Å²) in [5, 5.41) is 1.06. The molecule has 2 aromatic heterocycles. The number of hydrogen-bond acceptors (Lipinski definition) is 4. The third-order valence-electron chi connectivity index (χ3n) is 5.21. The second kappa shape index (κ2) is 7.37. The van der Waals surface area contributed by atoms with E-state index in [-0.39, 0.29) is 23.9 Å². The summed E-state index contributed by atoms with van der Waals surface area (Å²) in [6, 6.07) is 9.18. The van der Waals surface area contributed by atoms with Crippen molar-refractivity contribution in [1.82, 2.24) is 19.2 Å². The fourth-order valence-electron chi connectivity index (χ4n) is 3.61. The second-order valence-electron chi connectivity index (χ2n) is 6.96. The highest BCUT2D eigenvalue weighted by molar-refractivity contribution is 7.89. The molecule has 28 heavy (non-hydrogen) atoms. The maximum atomic E-state index is 12.8. The number of amides is 1. The third-order valence-corrected chi connectivity index (χ3v) is 7.10. The maximum absolute atomic E-state index is 12.8. The number of H-pyrrole nitrogens is 1. The Bertz CT molecular complexity index is 1100. The lowest BCUT2D eigenvalue weighted by molar-refractivity contribution is -0.131. The van der Waals surface area contributed by atoms with Gasteiger partial charge in [-0.25, -0.2) is 8.42 Å². The Balaban J connectivity index is 1.42. The standard InChI is InChI=1S/C20H22N4O3S/c1-15-4-2-6-18-16(13-22-20(15)18)12-19(25)23-8-10-24(11-9-23)28(26,27)17-5-3-7-21-14-17/h2-7,13-14,22H,8-12H2,1H3. The van der Waals surface area contributed by atoms with Crippen molar-refractivity contribution in [1.29, 1.82) is 0 Å². The fraction of sp³-hybridized carbons (Fsp3) is 0.300. The zero-order valence-electron chi connectivity index (χ0n) is 15.6. The molecule has 0 atom stereocenters. The number of hydrogen-bond donors (Lipinski definition) is 1. The van der Waals surface area contributed by atoms with Gasteiger partial charge in [0.15, 0.2) is 0 Å². The van der Waals surface area contributed by atoms with Crippen LogP contribution in [0.25, 0.3) is 10.9 Å². The Labute approximate surface area is 164 Å². The third kappa shape index (κ3) is 3.41. The number of pyridine rings is 1. The molecule has 0 saturated carbocycles. The normalized spacial score (nSPS) is 15.8. The molecule has 7 nitrogen and oxygen atoms in total. The minimum Gasteiger partial charge on any atom is -0.361 e. The van der Waals surface area contributed by atoms with E-state index in [1.54, 1.807) is 23.2 Å². The van der Waals surface area contributed by atoms with Crippen LogP contribution in [-0.2, 0) is 21.2 Å². The van der Waals surface area contributed by atoms with E-state index in [0.29, 0.717) is 19.5 Å². The molecule has 1 amide bonds. The van der Waals surface area contributed by atoms with Gasteiger partial charge >= 0.3 is 0 Å². The molecular formula is C20H22N4O3S. The Morgan fingerprint density at radius 1 is 1.14 bits per heavy atom. The second-order valence-corrected chi connectivity index (χ2v) is 8.90. The number of sulfonamides is 1. The van der Waals surface area contributed by atoms with E-state index in [0.717, 1.165) is 22.0 Å². The van der Waals surface area contributed by atoms with E-state index in [1.807, 2.05) is 31.3 Å². The molecule has 0 unspecified atom stereocenters. The number of rotatable bonds is 4. The maximum Gasteiger partial charge on any atom is 0.244 e. The first-order valence-electron chi connectivity index (χ1n) is 9.20. The number of carbonyl (C=O) groups is 1. The van der Waals surface area contributed by atoms with Crippen molar-refractivity contribution in [3.05, 3.63) is 60.0 Å². The van der Waals surface area contributed by atoms with Gasteiger partial charge in [0, 0.05) is 55.7 Å². The van der Waals surface area contributed by atoms with Crippen molar-refractivity contribution in [3.63, 3.8) is 0 Å². The smallest absolute Gasteiger partial charge is 0.244 e. The minimum atomic E-state index is -3.57. The molecule has 1 aliphatic heterocycles. The van der Waals surface area contributed by atoms with Crippen molar-refractivity contribution >= 4 is 26.8 Å². The molecule has 1 aliphatic rings. The molecule has 0 bridgehead atoms. The van der Waals surface area contributed by atoms with Crippen molar-refractivity contribution in [2.24, 2.45) is 0 Å². The van der Waals surface area contributed by atoms with Gasteiger partial charge < -0.3 is 9.88 Å². The minimum absolute atomic E-state index is 0.0147. The molecule has 8 heteroatoms. The van der Waals surface area contributed by atoms with Gasteiger partial charge in [-0.05, 0) is 30.2 Å². The number of aromatic amines is 1. The summed E-state index contributed by atoms with van der Waals surface area (Å²) >= 11 is 0. The molecule has 1 saturated heterocycles. The Morgan fingerprint density at radius 2 is 1.93 bits per heavy atom. The largest absolute Gasteiger partial charge is 0.361 e. The highest BCUT2D eigenvalue weighted by atomic mass is 32.2. The lowest BCUT2D eigenvalue weighted by Crippen LogP contribution is -2.50. The van der Waals surface area contributed by atoms with Gasteiger partial charge in [0.1, 0.15) is 4.90 Å². The zero-order chi connectivity index (χ0) is 19.7. The van der Waals surface area contributed by atoms with Crippen LogP contribution in [0.4, 0.5) is 0 Å². The number of nitrogens with one attached hydrogen (secondary N) is 1. The first-order chi connectivity index (χ1) is 13.5. The molecule has 0 radical (unpaired) electrons. The van der Waals surface area contributed by atoms with Gasteiger partial charge in [-0.2, -0.15) is 4.31 Å². The number of carbonyl (C=O) groups excluding carboxylic acids is 1. The SMILES string of the molecule is Cc1cccc2c(CC(=O)N3CCN(S(=O)(=O)c4cccnc4)CC3)c[nH]c12. The number of benzene rings is 1. The van der Waals surface area contributed by atoms with Crippen LogP contribution in [0.5, 0.6) is 0 Å². The molecule has 4 rings (SSSR count). The zero-order valence-corrected chi connectivity index (χ0v) is 16.4. The van der Waals surface area contributed by atoms with E-state index in [1.165, 1.54) is 10.5 Å². The summed E-state index contributed by atoms with van der Waals surface area (Å²) in [7, 11) is -3.57. The molecular weight excluding hydrogens is 376 g/mol. The first-order valence-corrected chi connectivity index (χ1v) is 10.6. The number of fused-ring (bicyclic) bond motifs is 1. The van der Waals surface area contributed by atoms with Crippen LogP contribution in [0.15, 0.2) is 53.8 Å². The van der Waals surface area contributed by atoms with E-state index in [9.17, 15) is 13.2 Å². The number of nitrogens with zero attached hydrogens (tertiary/aromatic N) is 3. The van der Waals surface area contributed by atoms with E-state index in [2.05, 4.69) is 9.97 Å². The number of aromatic nitrogens is 2. The van der Waals surface area contributed by atoms with Crippen molar-refractivity contribution in [2.45, 2.75) is 18.2 Å². The Morgan fingerprint density at radius 3 is 2.64 bits per heavy atom. The van der Waals surface area contributed by atoms with Crippen LogP contribution in [-0.4, -0.2) is 59.7 Å². The quantitative estimate of drug-likeness (QED) is 0.728. The first kappa shape index (κ1) is 18.6. The molecule has 0 spiro atoms. The van der Waals surface area contributed by atoms with Crippen LogP contribution < -0.4 is 0 Å². The van der Waals surface area contributed by atoms with Crippen LogP contribution in [0.3, 0.4) is 0 Å². The molecule has 1 N–H and O–H groups in total. The van der Waals surface area contributed by atoms with Gasteiger partial charge in [0.2, 0.25) is 15.9 Å². The summed E-state index contributed by atoms with van der Waals surface area (Å²) < 4.78 is 26.8. The van der Waals surface area contributed by atoms with E-state index < -0.39 is 10.0 Å². The van der Waals surface area contributed by atoms with E-state index in [4.69, 9.17) is 0 Å². The molecule has 146 valence electrons. The summed E-state index contributed by atoms with van der Waals surface area (Å²) in [4.78, 5) is 21.8. The fourth-order valence-corrected chi connectivity index (χ4v) is 5.00. The summed E-state index contributed by atoms with van der Waals surface area (Å²) in [5.41, 5.74) is 3.16. The Hall–Kier alpha value is -2.71. The van der Waals surface area contributed by atoms with Gasteiger partial charge in [-0.3, -0.25) is 9.78 Å². The van der Waals surface area contributed by atoms with Crippen molar-refractivity contribution in [2.75, 3.05) is 26.2 Å². The van der Waals surface area contributed by atoms with Crippen LogP contribution in [0.1, 0.15) is 11.1 Å². The highest BCUT2D eigenvalue weighted by Gasteiger charge is 2.30. The van der Waals surface area contributed by atoms with Gasteiger partial charge in [-0.1, -0.05) is 18.2 Å². The van der Waals surface area contributed by atoms with Crippen LogP contribution in [0.2, 0.25) is 0 Å². The summed E-state index contributed by atoms with van der Waals surface area (Å²) in [6.07, 6.45) is 5.09. The average Bonchev–Trinajstić information content (AvgIpc) is 3.13. The van der Waals surface area contributed by atoms with Crippen LogP contribution in [0, 0.1) is 6.92 Å². The number of aryl methyl sites for hydroxylation is 1. The summed E-state index contributed by atoms with van der Waals surface area (Å²) in [5.74, 6) is 0.0147. The van der Waals surface area contributed by atoms with Crippen molar-refractivity contribution in [3.8, 4) is 0 Å². The molecule has 3 aromatic rings. The molecule has 1 fully saturated rings. The molecule has 1 aromatic carbocycles. The highest BCUT2D eigenvalue weighted by Crippen LogP contribution is 2.23. The van der Waals surface area contributed by atoms with E-state index >= 15 is 0 Å². The number of piperazine rings is 1. The predicted molar refractivity (Wildman–Crippen MR) is 106 cm³/mol. The lowest BCUT2D eigenvalue weighted by atomic mass is 10.1. The van der Waals surface area contributed by atoms with Crippen molar-refractivity contribution < 1.29 is 13.2 Å². The van der Waals surface area contributed by atoms with Gasteiger partial charge in [0.25, 0.3) is 0 Å². The topological polar surface area (TPSA) is 86.4 Å². The summed E-state index contributed by atoms with van der Waals surface area (Å²) in [6.45, 7) is 3.39. The van der Waals surface area contributed by atoms with Gasteiger partial charge in [-0.15, -0.1) is 0 Å². The predicted octanol–water partition coefficient (Wildman–Crippen LogP) is 1.95. The van der Waals surface area contributed by atoms with Crippen LogP contribution >= 0.6 is 0 Å². The molecule has 3 heterocycles. The molecule has 0 aliphatic carbocycles. The monoisotopic (exact) mass is 398 g/mol. The number of para-hydroxylation sites is 1. The van der Waals surface area contributed by atoms with Gasteiger partial charge in [0.05, 0.1) is 6.42 Å². The average molecular weight is 398 g/mol. The lowest BCUT2D eigenvalue weighted by Gasteiger charge is -2.34. The Kier molecular flexibility index (Phi) is 4.91.